The summed E-state index contributed by atoms with van der Waals surface area (Å²) in [5.74, 6) is 1.41. The van der Waals surface area contributed by atoms with Gasteiger partial charge in [0.05, 0.1) is 6.61 Å². The summed E-state index contributed by atoms with van der Waals surface area (Å²) in [5, 5.41) is 9.46. The van der Waals surface area contributed by atoms with Gasteiger partial charge in [0.2, 0.25) is 0 Å². The average Bonchev–Trinajstić information content (AvgIpc) is 2.79. The minimum Gasteiger partial charge on any atom is -0.461 e. The van der Waals surface area contributed by atoms with E-state index in [1.807, 2.05) is 13.0 Å². The Morgan fingerprint density at radius 2 is 1.95 bits per heavy atom. The molecule has 0 saturated heterocycles. The van der Waals surface area contributed by atoms with E-state index in [0.29, 0.717) is 0 Å². The second-order valence-corrected chi connectivity index (χ2v) is 4.80. The Hall–Kier alpha value is -1.61. The van der Waals surface area contributed by atoms with Crippen LogP contribution in [0.25, 0.3) is 11.3 Å². The number of aliphatic hydroxyl groups is 1. The van der Waals surface area contributed by atoms with Crippen molar-refractivity contribution in [3.05, 3.63) is 47.5 Å². The summed E-state index contributed by atoms with van der Waals surface area (Å²) in [5.41, 5.74) is 1.90. The van der Waals surface area contributed by atoms with Crippen LogP contribution in [0.1, 0.15) is 37.0 Å². The first-order valence-corrected chi connectivity index (χ1v) is 6.62. The molecule has 2 nitrogen and oxygen atoms in total. The molecule has 19 heavy (non-hydrogen) atoms. The maximum atomic E-state index is 12.9. The van der Waals surface area contributed by atoms with Crippen LogP contribution in [-0.2, 0) is 0 Å². The number of furan rings is 1. The number of rotatable bonds is 5. The molecule has 0 spiro atoms. The third-order valence-corrected chi connectivity index (χ3v) is 3.38. The molecule has 1 N–H and O–H groups in total. The summed E-state index contributed by atoms with van der Waals surface area (Å²) >= 11 is 0. The summed E-state index contributed by atoms with van der Waals surface area (Å²) < 4.78 is 18.6. The lowest BCUT2D eigenvalue weighted by molar-refractivity contribution is 0.257. The number of aliphatic hydroxyl groups excluding tert-OH is 1. The van der Waals surface area contributed by atoms with Crippen LogP contribution in [0.2, 0.25) is 0 Å². The van der Waals surface area contributed by atoms with Crippen molar-refractivity contribution in [1.29, 1.82) is 0 Å². The Balaban J connectivity index is 2.32. The quantitative estimate of drug-likeness (QED) is 0.873. The van der Waals surface area contributed by atoms with Gasteiger partial charge in [0.15, 0.2) is 0 Å². The maximum Gasteiger partial charge on any atom is 0.134 e. The highest BCUT2D eigenvalue weighted by molar-refractivity contribution is 5.59. The van der Waals surface area contributed by atoms with Crippen molar-refractivity contribution in [2.75, 3.05) is 6.61 Å². The molecule has 1 heterocycles. The lowest BCUT2D eigenvalue weighted by Gasteiger charge is -2.11. The molecule has 1 aromatic heterocycles. The van der Waals surface area contributed by atoms with Crippen molar-refractivity contribution < 1.29 is 13.9 Å². The molecule has 0 bridgehead atoms. The molecule has 1 unspecified atom stereocenters. The molecule has 0 radical (unpaired) electrons. The Kier molecular flexibility index (Phi) is 4.38. The SMILES string of the molecule is CCCC(CO)c1cc(-c2ccc(F)cc2)oc1C. The van der Waals surface area contributed by atoms with Crippen LogP contribution < -0.4 is 0 Å². The minimum atomic E-state index is -0.258. The standard InChI is InChI=1S/C16H19FO2/c1-3-4-13(10-18)15-9-16(19-11(15)2)12-5-7-14(17)8-6-12/h5-9,13,18H,3-4,10H2,1-2H3. The highest BCUT2D eigenvalue weighted by atomic mass is 19.1. The van der Waals surface area contributed by atoms with Gasteiger partial charge >= 0.3 is 0 Å². The Morgan fingerprint density at radius 3 is 2.53 bits per heavy atom. The van der Waals surface area contributed by atoms with Crippen LogP contribution in [0.15, 0.2) is 34.7 Å². The summed E-state index contributed by atoms with van der Waals surface area (Å²) in [6.07, 6.45) is 1.95. The van der Waals surface area contributed by atoms with Gasteiger partial charge in [-0.2, -0.15) is 0 Å². The summed E-state index contributed by atoms with van der Waals surface area (Å²) in [4.78, 5) is 0. The van der Waals surface area contributed by atoms with Gasteiger partial charge in [0.25, 0.3) is 0 Å². The summed E-state index contributed by atoms with van der Waals surface area (Å²) in [6.45, 7) is 4.12. The average molecular weight is 262 g/mol. The molecular formula is C16H19FO2. The van der Waals surface area contributed by atoms with Crippen molar-refractivity contribution in [3.8, 4) is 11.3 Å². The lowest BCUT2D eigenvalue weighted by Crippen LogP contribution is -2.03. The molecule has 1 atom stereocenters. The van der Waals surface area contributed by atoms with Crippen molar-refractivity contribution >= 4 is 0 Å². The van der Waals surface area contributed by atoms with Gasteiger partial charge in [-0.1, -0.05) is 13.3 Å². The van der Waals surface area contributed by atoms with Gasteiger partial charge in [-0.05, 0) is 49.2 Å². The minimum absolute atomic E-state index is 0.114. The molecule has 0 saturated carbocycles. The van der Waals surface area contributed by atoms with E-state index in [0.717, 1.165) is 35.5 Å². The van der Waals surface area contributed by atoms with E-state index < -0.39 is 0 Å². The van der Waals surface area contributed by atoms with Crippen molar-refractivity contribution in [2.24, 2.45) is 0 Å². The number of halogens is 1. The zero-order valence-corrected chi connectivity index (χ0v) is 11.3. The van der Waals surface area contributed by atoms with Crippen LogP contribution in [0.5, 0.6) is 0 Å². The van der Waals surface area contributed by atoms with E-state index in [-0.39, 0.29) is 18.3 Å². The van der Waals surface area contributed by atoms with Crippen LogP contribution in [0.3, 0.4) is 0 Å². The Morgan fingerprint density at radius 1 is 1.26 bits per heavy atom. The molecule has 102 valence electrons. The largest absolute Gasteiger partial charge is 0.461 e. The Labute approximate surface area is 112 Å². The molecule has 3 heteroatoms. The summed E-state index contributed by atoms with van der Waals surface area (Å²) in [6, 6.07) is 8.19. The zero-order valence-electron chi connectivity index (χ0n) is 11.3. The van der Waals surface area contributed by atoms with Crippen LogP contribution in [0, 0.1) is 12.7 Å². The highest BCUT2D eigenvalue weighted by Crippen LogP contribution is 2.31. The molecule has 0 aliphatic rings. The van der Waals surface area contributed by atoms with Crippen molar-refractivity contribution in [2.45, 2.75) is 32.6 Å². The second-order valence-electron chi connectivity index (χ2n) is 4.80. The van der Waals surface area contributed by atoms with Crippen LogP contribution >= 0.6 is 0 Å². The van der Waals surface area contributed by atoms with Crippen LogP contribution in [0.4, 0.5) is 4.39 Å². The Bertz CT molecular complexity index is 528. The van der Waals surface area contributed by atoms with E-state index in [4.69, 9.17) is 4.42 Å². The van der Waals surface area contributed by atoms with Crippen molar-refractivity contribution in [3.63, 3.8) is 0 Å². The highest BCUT2D eigenvalue weighted by Gasteiger charge is 2.17. The molecule has 0 amide bonds. The molecule has 2 rings (SSSR count). The van der Waals surface area contributed by atoms with E-state index in [2.05, 4.69) is 6.92 Å². The first kappa shape index (κ1) is 13.8. The molecular weight excluding hydrogens is 243 g/mol. The molecule has 0 fully saturated rings. The fourth-order valence-electron chi connectivity index (χ4n) is 2.35. The smallest absolute Gasteiger partial charge is 0.134 e. The molecule has 0 aliphatic heterocycles. The number of hydrogen-bond acceptors (Lipinski definition) is 2. The predicted octanol–water partition coefficient (Wildman–Crippen LogP) is 4.27. The van der Waals surface area contributed by atoms with E-state index in [1.165, 1.54) is 12.1 Å². The van der Waals surface area contributed by atoms with Gasteiger partial charge < -0.3 is 9.52 Å². The van der Waals surface area contributed by atoms with E-state index in [1.54, 1.807) is 12.1 Å². The predicted molar refractivity (Wildman–Crippen MR) is 73.6 cm³/mol. The normalized spacial score (nSPS) is 12.6. The van der Waals surface area contributed by atoms with E-state index >= 15 is 0 Å². The van der Waals surface area contributed by atoms with Gasteiger partial charge in [0.1, 0.15) is 17.3 Å². The van der Waals surface area contributed by atoms with Crippen molar-refractivity contribution in [1.82, 2.24) is 0 Å². The van der Waals surface area contributed by atoms with E-state index in [9.17, 15) is 9.50 Å². The lowest BCUT2D eigenvalue weighted by atomic mass is 9.95. The van der Waals surface area contributed by atoms with Gasteiger partial charge in [-0.15, -0.1) is 0 Å². The maximum absolute atomic E-state index is 12.9. The van der Waals surface area contributed by atoms with Gasteiger partial charge in [-0.3, -0.25) is 0 Å². The van der Waals surface area contributed by atoms with Crippen LogP contribution in [-0.4, -0.2) is 11.7 Å². The molecule has 1 aromatic carbocycles. The third-order valence-electron chi connectivity index (χ3n) is 3.38. The summed E-state index contributed by atoms with van der Waals surface area (Å²) in [7, 11) is 0. The monoisotopic (exact) mass is 262 g/mol. The third kappa shape index (κ3) is 3.04. The number of benzene rings is 1. The van der Waals surface area contributed by atoms with Gasteiger partial charge in [0, 0.05) is 11.5 Å². The molecule has 2 aromatic rings. The molecule has 0 aliphatic carbocycles. The topological polar surface area (TPSA) is 33.4 Å². The first-order valence-electron chi connectivity index (χ1n) is 6.62. The van der Waals surface area contributed by atoms with Gasteiger partial charge in [-0.25, -0.2) is 4.39 Å². The second kappa shape index (κ2) is 6.02. The number of hydrogen-bond donors (Lipinski definition) is 1. The number of aryl methyl sites for hydroxylation is 1. The fourth-order valence-corrected chi connectivity index (χ4v) is 2.35. The first-order chi connectivity index (χ1) is 9.15. The zero-order chi connectivity index (χ0) is 13.8. The fraction of sp³-hybridized carbons (Fsp3) is 0.375.